The topological polar surface area (TPSA) is 70.2 Å². The molecule has 2 aromatic heterocycles. The van der Waals surface area contributed by atoms with Crippen LogP contribution < -0.4 is 9.64 Å². The second-order valence-electron chi connectivity index (χ2n) is 6.78. The molecule has 8 heteroatoms. The van der Waals surface area contributed by atoms with Crippen molar-refractivity contribution in [2.24, 2.45) is 0 Å². The summed E-state index contributed by atoms with van der Waals surface area (Å²) in [5.41, 5.74) is 1.76. The summed E-state index contributed by atoms with van der Waals surface area (Å²) in [6, 6.07) is 9.88. The number of aromatic amines is 1. The number of aryl methyl sites for hydroxylation is 1. The maximum atomic E-state index is 6.36. The Hall–Kier alpha value is -2.64. The number of H-pyrrole nitrogens is 1. The standard InChI is InChI=1S/C20H23ClN6O/c1-3-17-23-19(27-12-10-26(2)11-13-27)25-20(24-17)28-18-15(8-9-22-18)14-6-4-5-7-16(14)21/h4-9,22H,3,10-13H2,1-2H3. The van der Waals surface area contributed by atoms with E-state index in [0.717, 1.165) is 37.3 Å². The molecule has 1 N–H and O–H groups in total. The minimum Gasteiger partial charge on any atom is -0.406 e. The molecule has 1 fully saturated rings. The van der Waals surface area contributed by atoms with Gasteiger partial charge >= 0.3 is 6.01 Å². The number of nitrogens with zero attached hydrogens (tertiary/aromatic N) is 5. The lowest BCUT2D eigenvalue weighted by molar-refractivity contribution is 0.310. The highest BCUT2D eigenvalue weighted by molar-refractivity contribution is 6.33. The largest absolute Gasteiger partial charge is 0.406 e. The van der Waals surface area contributed by atoms with E-state index in [1.807, 2.05) is 43.5 Å². The molecule has 1 aliphatic heterocycles. The zero-order valence-electron chi connectivity index (χ0n) is 16.0. The smallest absolute Gasteiger partial charge is 0.328 e. The maximum absolute atomic E-state index is 6.36. The average Bonchev–Trinajstić information content (AvgIpc) is 3.16. The molecule has 4 rings (SSSR count). The predicted octanol–water partition coefficient (Wildman–Crippen LogP) is 3.63. The van der Waals surface area contributed by atoms with Crippen LogP contribution in [0.15, 0.2) is 36.5 Å². The van der Waals surface area contributed by atoms with Crippen LogP contribution in [0.1, 0.15) is 12.7 Å². The number of likely N-dealkylation sites (N-methyl/N-ethyl adjacent to an activating group) is 1. The molecular weight excluding hydrogens is 376 g/mol. The first-order valence-corrected chi connectivity index (χ1v) is 9.80. The van der Waals surface area contributed by atoms with Gasteiger partial charge in [-0.15, -0.1) is 0 Å². The number of hydrogen-bond donors (Lipinski definition) is 1. The molecule has 28 heavy (non-hydrogen) atoms. The number of hydrogen-bond acceptors (Lipinski definition) is 6. The van der Waals surface area contributed by atoms with Crippen molar-refractivity contribution >= 4 is 17.5 Å². The summed E-state index contributed by atoms with van der Waals surface area (Å²) in [6.45, 7) is 5.76. The van der Waals surface area contributed by atoms with Crippen molar-refractivity contribution in [2.45, 2.75) is 13.3 Å². The van der Waals surface area contributed by atoms with Gasteiger partial charge in [-0.1, -0.05) is 36.7 Å². The first-order chi connectivity index (χ1) is 13.6. The Morgan fingerprint density at radius 1 is 1.04 bits per heavy atom. The van der Waals surface area contributed by atoms with Gasteiger partial charge in [0.25, 0.3) is 0 Å². The Bertz CT molecular complexity index is 951. The SMILES string of the molecule is CCc1nc(Oc2[nH]ccc2-c2ccccc2Cl)nc(N2CCN(C)CC2)n1. The van der Waals surface area contributed by atoms with E-state index in [2.05, 4.69) is 36.8 Å². The van der Waals surface area contributed by atoms with Crippen molar-refractivity contribution in [3.8, 4) is 23.0 Å². The number of anilines is 1. The quantitative estimate of drug-likeness (QED) is 0.707. The summed E-state index contributed by atoms with van der Waals surface area (Å²) >= 11 is 6.36. The Kier molecular flexibility index (Phi) is 5.45. The lowest BCUT2D eigenvalue weighted by Crippen LogP contribution is -2.45. The summed E-state index contributed by atoms with van der Waals surface area (Å²) in [5.74, 6) is 1.94. The van der Waals surface area contributed by atoms with Crippen molar-refractivity contribution in [3.63, 3.8) is 0 Å². The van der Waals surface area contributed by atoms with Gasteiger partial charge in [0.1, 0.15) is 5.82 Å². The Morgan fingerprint density at radius 3 is 2.57 bits per heavy atom. The highest BCUT2D eigenvalue weighted by atomic mass is 35.5. The molecule has 0 bridgehead atoms. The van der Waals surface area contributed by atoms with Crippen LogP contribution in [-0.4, -0.2) is 58.1 Å². The third kappa shape index (κ3) is 3.95. The van der Waals surface area contributed by atoms with Gasteiger partial charge < -0.3 is 19.5 Å². The van der Waals surface area contributed by atoms with Gasteiger partial charge in [-0.25, -0.2) is 0 Å². The molecule has 1 saturated heterocycles. The number of piperazine rings is 1. The number of rotatable bonds is 5. The molecule has 3 aromatic rings. The predicted molar refractivity (Wildman–Crippen MR) is 110 cm³/mol. The number of aromatic nitrogens is 4. The summed E-state index contributed by atoms with van der Waals surface area (Å²) in [6.07, 6.45) is 2.53. The first-order valence-electron chi connectivity index (χ1n) is 9.42. The number of halogens is 1. The van der Waals surface area contributed by atoms with Crippen LogP contribution in [-0.2, 0) is 6.42 Å². The Labute approximate surface area is 169 Å². The summed E-state index contributed by atoms with van der Waals surface area (Å²) in [7, 11) is 2.12. The average molecular weight is 399 g/mol. The number of nitrogens with one attached hydrogen (secondary N) is 1. The molecule has 0 spiro atoms. The summed E-state index contributed by atoms with van der Waals surface area (Å²) in [5, 5.41) is 0.662. The van der Waals surface area contributed by atoms with E-state index in [1.54, 1.807) is 0 Å². The van der Waals surface area contributed by atoms with Crippen LogP contribution in [0.5, 0.6) is 11.9 Å². The molecule has 0 amide bonds. The number of ether oxygens (including phenoxy) is 1. The molecule has 1 aliphatic rings. The van der Waals surface area contributed by atoms with Gasteiger partial charge in [-0.05, 0) is 19.2 Å². The molecule has 3 heterocycles. The van der Waals surface area contributed by atoms with E-state index in [9.17, 15) is 0 Å². The lowest BCUT2D eigenvalue weighted by atomic mass is 10.1. The molecule has 0 saturated carbocycles. The van der Waals surface area contributed by atoms with Gasteiger partial charge in [-0.3, -0.25) is 0 Å². The molecule has 0 radical (unpaired) electrons. The zero-order valence-corrected chi connectivity index (χ0v) is 16.8. The van der Waals surface area contributed by atoms with Crippen LogP contribution in [0, 0.1) is 0 Å². The second-order valence-corrected chi connectivity index (χ2v) is 7.19. The lowest BCUT2D eigenvalue weighted by Gasteiger charge is -2.32. The second kappa shape index (κ2) is 8.16. The van der Waals surface area contributed by atoms with Crippen LogP contribution >= 0.6 is 11.6 Å². The van der Waals surface area contributed by atoms with Crippen molar-refractivity contribution in [1.29, 1.82) is 0 Å². The monoisotopic (exact) mass is 398 g/mol. The summed E-state index contributed by atoms with van der Waals surface area (Å²) in [4.78, 5) is 21.2. The van der Waals surface area contributed by atoms with Gasteiger partial charge in [0.05, 0.1) is 0 Å². The Morgan fingerprint density at radius 2 is 1.82 bits per heavy atom. The number of benzene rings is 1. The highest BCUT2D eigenvalue weighted by Crippen LogP contribution is 2.35. The van der Waals surface area contributed by atoms with Crippen LogP contribution in [0.3, 0.4) is 0 Å². The molecule has 0 unspecified atom stereocenters. The molecule has 0 atom stereocenters. The Balaban J connectivity index is 1.63. The first kappa shape index (κ1) is 18.7. The van der Waals surface area contributed by atoms with Crippen molar-refractivity contribution < 1.29 is 4.74 Å². The molecular formula is C20H23ClN6O. The third-order valence-electron chi connectivity index (χ3n) is 4.82. The third-order valence-corrected chi connectivity index (χ3v) is 5.15. The van der Waals surface area contributed by atoms with Crippen LogP contribution in [0.25, 0.3) is 11.1 Å². The molecule has 0 aliphatic carbocycles. The fourth-order valence-corrected chi connectivity index (χ4v) is 3.40. The fourth-order valence-electron chi connectivity index (χ4n) is 3.16. The van der Waals surface area contributed by atoms with Crippen molar-refractivity contribution in [1.82, 2.24) is 24.8 Å². The van der Waals surface area contributed by atoms with Gasteiger partial charge in [0.2, 0.25) is 11.8 Å². The van der Waals surface area contributed by atoms with E-state index in [-0.39, 0.29) is 6.01 Å². The minimum absolute atomic E-state index is 0.288. The van der Waals surface area contributed by atoms with E-state index in [0.29, 0.717) is 29.1 Å². The van der Waals surface area contributed by atoms with Crippen molar-refractivity contribution in [2.75, 3.05) is 38.1 Å². The fraction of sp³-hybridized carbons (Fsp3) is 0.350. The maximum Gasteiger partial charge on any atom is 0.328 e. The molecule has 1 aromatic carbocycles. The molecule has 7 nitrogen and oxygen atoms in total. The van der Waals surface area contributed by atoms with Crippen LogP contribution in [0.2, 0.25) is 5.02 Å². The van der Waals surface area contributed by atoms with Crippen LogP contribution in [0.4, 0.5) is 5.95 Å². The minimum atomic E-state index is 0.288. The molecule has 146 valence electrons. The van der Waals surface area contributed by atoms with Gasteiger partial charge in [0, 0.05) is 54.9 Å². The van der Waals surface area contributed by atoms with E-state index in [4.69, 9.17) is 16.3 Å². The van der Waals surface area contributed by atoms with Gasteiger partial charge in [-0.2, -0.15) is 15.0 Å². The van der Waals surface area contributed by atoms with Gasteiger partial charge in [0.15, 0.2) is 0 Å². The van der Waals surface area contributed by atoms with E-state index < -0.39 is 0 Å². The normalized spacial score (nSPS) is 15.0. The highest BCUT2D eigenvalue weighted by Gasteiger charge is 2.20. The van der Waals surface area contributed by atoms with Crippen molar-refractivity contribution in [3.05, 3.63) is 47.4 Å². The summed E-state index contributed by atoms with van der Waals surface area (Å²) < 4.78 is 6.04. The van der Waals surface area contributed by atoms with E-state index in [1.165, 1.54) is 0 Å². The zero-order chi connectivity index (χ0) is 19.5. The van der Waals surface area contributed by atoms with E-state index >= 15 is 0 Å².